The average Bonchev–Trinajstić information content (AvgIpc) is 3.28. The first-order valence-corrected chi connectivity index (χ1v) is 7.54. The molecule has 1 aromatic carbocycles. The van der Waals surface area contributed by atoms with Crippen molar-refractivity contribution in [2.24, 2.45) is 0 Å². The second-order valence-electron chi connectivity index (χ2n) is 5.64. The molecule has 3 aromatic rings. The molecule has 120 valence electrons. The number of rotatable bonds is 5. The number of imidazole rings is 1. The number of hydrogen-bond donors (Lipinski definition) is 0. The predicted octanol–water partition coefficient (Wildman–Crippen LogP) is 2.54. The van der Waals surface area contributed by atoms with Crippen LogP contribution in [-0.2, 0) is 26.5 Å². The van der Waals surface area contributed by atoms with E-state index in [0.717, 1.165) is 11.0 Å². The molecule has 0 unspecified atom stereocenters. The zero-order chi connectivity index (χ0) is 15.7. The van der Waals surface area contributed by atoms with Gasteiger partial charge in [0.25, 0.3) is 0 Å². The molecule has 3 heterocycles. The lowest BCUT2D eigenvalue weighted by molar-refractivity contribution is -0.201. The van der Waals surface area contributed by atoms with Gasteiger partial charge in [0.2, 0.25) is 5.79 Å². The van der Waals surface area contributed by atoms with Gasteiger partial charge in [0.1, 0.15) is 11.7 Å². The number of methoxy groups -OCH3 is 1. The number of nitrogens with zero attached hydrogens (tertiary/aromatic N) is 2. The third-order valence-corrected chi connectivity index (χ3v) is 3.96. The monoisotopic (exact) mass is 314 g/mol. The highest BCUT2D eigenvalue weighted by atomic mass is 16.8. The Morgan fingerprint density at radius 3 is 3.09 bits per heavy atom. The Balaban J connectivity index is 1.72. The predicted molar refractivity (Wildman–Crippen MR) is 82.8 cm³/mol. The summed E-state index contributed by atoms with van der Waals surface area (Å²) in [4.78, 5) is 4.08. The van der Waals surface area contributed by atoms with Crippen LogP contribution in [0.25, 0.3) is 11.0 Å². The second-order valence-corrected chi connectivity index (χ2v) is 5.64. The van der Waals surface area contributed by atoms with E-state index in [9.17, 15) is 0 Å². The first kappa shape index (κ1) is 14.4. The SMILES string of the molecule is COC[C@H]1CO[C@@](Cn2ccnc2)(c2cc3ccccc3o2)O1. The Hall–Kier alpha value is -2.15. The standard InChI is InChI=1S/C17H18N2O4/c1-20-9-14-10-21-17(23-14,11-19-7-6-18-12-19)16-8-13-4-2-3-5-15(13)22-16/h2-8,12,14H,9-11H2,1H3/t14-,17+/m0/s1. The fraction of sp³-hybridized carbons (Fsp3) is 0.353. The van der Waals surface area contributed by atoms with Crippen molar-refractivity contribution in [3.05, 3.63) is 54.8 Å². The van der Waals surface area contributed by atoms with Crippen molar-refractivity contribution in [3.63, 3.8) is 0 Å². The zero-order valence-corrected chi connectivity index (χ0v) is 12.8. The number of benzene rings is 1. The molecule has 0 aliphatic carbocycles. The van der Waals surface area contributed by atoms with E-state index < -0.39 is 5.79 Å². The van der Waals surface area contributed by atoms with Crippen molar-refractivity contribution in [2.75, 3.05) is 20.3 Å². The van der Waals surface area contributed by atoms with Gasteiger partial charge in [-0.05, 0) is 12.1 Å². The molecule has 4 rings (SSSR count). The molecular formula is C17H18N2O4. The largest absolute Gasteiger partial charge is 0.455 e. The molecule has 1 fully saturated rings. The number of para-hydroxylation sites is 1. The molecule has 6 nitrogen and oxygen atoms in total. The molecule has 0 radical (unpaired) electrons. The third kappa shape index (κ3) is 2.65. The van der Waals surface area contributed by atoms with Crippen LogP contribution in [0.4, 0.5) is 0 Å². The summed E-state index contributed by atoms with van der Waals surface area (Å²) < 4.78 is 25.4. The van der Waals surface area contributed by atoms with E-state index in [1.54, 1.807) is 19.6 Å². The lowest BCUT2D eigenvalue weighted by atomic mass is 10.2. The molecule has 1 aliphatic rings. The van der Waals surface area contributed by atoms with E-state index in [0.29, 0.717) is 25.5 Å². The highest BCUT2D eigenvalue weighted by Crippen LogP contribution is 2.38. The molecule has 2 atom stereocenters. The first-order chi connectivity index (χ1) is 11.3. The van der Waals surface area contributed by atoms with Gasteiger partial charge in [-0.2, -0.15) is 0 Å². The maximum atomic E-state index is 6.19. The van der Waals surface area contributed by atoms with Gasteiger partial charge in [0.15, 0.2) is 5.76 Å². The van der Waals surface area contributed by atoms with Gasteiger partial charge in [-0.15, -0.1) is 0 Å². The van der Waals surface area contributed by atoms with Crippen molar-refractivity contribution in [2.45, 2.75) is 18.4 Å². The lowest BCUT2D eigenvalue weighted by Gasteiger charge is -2.26. The minimum Gasteiger partial charge on any atom is -0.455 e. The van der Waals surface area contributed by atoms with Gasteiger partial charge in [-0.1, -0.05) is 18.2 Å². The van der Waals surface area contributed by atoms with Crippen LogP contribution < -0.4 is 0 Å². The van der Waals surface area contributed by atoms with Gasteiger partial charge < -0.3 is 23.2 Å². The molecule has 1 aliphatic heterocycles. The average molecular weight is 314 g/mol. The fourth-order valence-electron chi connectivity index (χ4n) is 2.91. The summed E-state index contributed by atoms with van der Waals surface area (Å²) in [6, 6.07) is 9.85. The van der Waals surface area contributed by atoms with Crippen molar-refractivity contribution < 1.29 is 18.6 Å². The Bertz CT molecular complexity index is 750. The van der Waals surface area contributed by atoms with Crippen molar-refractivity contribution >= 4 is 11.0 Å². The van der Waals surface area contributed by atoms with E-state index in [1.165, 1.54) is 0 Å². The Morgan fingerprint density at radius 1 is 1.39 bits per heavy atom. The molecule has 0 bridgehead atoms. The van der Waals surface area contributed by atoms with E-state index in [4.69, 9.17) is 18.6 Å². The number of furan rings is 1. The van der Waals surface area contributed by atoms with Crippen LogP contribution in [-0.4, -0.2) is 36.0 Å². The van der Waals surface area contributed by atoms with Crippen LogP contribution in [0, 0.1) is 0 Å². The Morgan fingerprint density at radius 2 is 2.30 bits per heavy atom. The summed E-state index contributed by atoms with van der Waals surface area (Å²) in [5.41, 5.74) is 0.815. The van der Waals surface area contributed by atoms with Crippen LogP contribution in [0.1, 0.15) is 5.76 Å². The van der Waals surface area contributed by atoms with Crippen LogP contribution in [0.5, 0.6) is 0 Å². The quantitative estimate of drug-likeness (QED) is 0.724. The number of ether oxygens (including phenoxy) is 3. The zero-order valence-electron chi connectivity index (χ0n) is 12.8. The maximum Gasteiger partial charge on any atom is 0.247 e. The van der Waals surface area contributed by atoms with Gasteiger partial charge >= 0.3 is 0 Å². The Labute approximate surface area is 133 Å². The van der Waals surface area contributed by atoms with Crippen molar-refractivity contribution in [3.8, 4) is 0 Å². The van der Waals surface area contributed by atoms with Gasteiger partial charge in [-0.3, -0.25) is 0 Å². The molecule has 2 aromatic heterocycles. The molecule has 0 amide bonds. The summed E-state index contributed by atoms with van der Waals surface area (Å²) in [6.45, 7) is 1.40. The third-order valence-electron chi connectivity index (χ3n) is 3.96. The molecule has 1 saturated heterocycles. The summed E-state index contributed by atoms with van der Waals surface area (Å²) in [5, 5.41) is 1.02. The number of hydrogen-bond acceptors (Lipinski definition) is 5. The van der Waals surface area contributed by atoms with E-state index in [-0.39, 0.29) is 6.10 Å². The topological polar surface area (TPSA) is 58.7 Å². The van der Waals surface area contributed by atoms with Gasteiger partial charge in [-0.25, -0.2) is 4.98 Å². The number of fused-ring (bicyclic) bond motifs is 1. The smallest absolute Gasteiger partial charge is 0.247 e. The highest BCUT2D eigenvalue weighted by Gasteiger charge is 2.46. The normalized spacial score (nSPS) is 24.5. The number of aromatic nitrogens is 2. The van der Waals surface area contributed by atoms with Crippen molar-refractivity contribution in [1.82, 2.24) is 9.55 Å². The van der Waals surface area contributed by atoms with E-state index in [2.05, 4.69) is 4.98 Å². The molecule has 0 saturated carbocycles. The molecular weight excluding hydrogens is 296 g/mol. The highest BCUT2D eigenvalue weighted by molar-refractivity contribution is 5.77. The van der Waals surface area contributed by atoms with Crippen molar-refractivity contribution in [1.29, 1.82) is 0 Å². The molecule has 0 spiro atoms. The summed E-state index contributed by atoms with van der Waals surface area (Å²) in [5.74, 6) is -0.311. The van der Waals surface area contributed by atoms with E-state index in [1.807, 2.05) is 41.1 Å². The molecule has 6 heteroatoms. The van der Waals surface area contributed by atoms with Crippen LogP contribution in [0.3, 0.4) is 0 Å². The van der Waals surface area contributed by atoms with Gasteiger partial charge in [0.05, 0.1) is 26.1 Å². The van der Waals surface area contributed by atoms with Gasteiger partial charge in [0, 0.05) is 24.9 Å². The van der Waals surface area contributed by atoms with E-state index >= 15 is 0 Å². The summed E-state index contributed by atoms with van der Waals surface area (Å²) >= 11 is 0. The second kappa shape index (κ2) is 5.81. The summed E-state index contributed by atoms with van der Waals surface area (Å²) in [6.07, 6.45) is 5.21. The molecule has 0 N–H and O–H groups in total. The molecule has 23 heavy (non-hydrogen) atoms. The van der Waals surface area contributed by atoms with Crippen LogP contribution >= 0.6 is 0 Å². The maximum absolute atomic E-state index is 6.19. The van der Waals surface area contributed by atoms with Crippen LogP contribution in [0.15, 0.2) is 53.5 Å². The lowest BCUT2D eigenvalue weighted by Crippen LogP contribution is -2.33. The first-order valence-electron chi connectivity index (χ1n) is 7.54. The minimum atomic E-state index is -0.969. The Kier molecular flexibility index (Phi) is 3.65. The fourth-order valence-corrected chi connectivity index (χ4v) is 2.91. The van der Waals surface area contributed by atoms with Crippen LogP contribution in [0.2, 0.25) is 0 Å². The summed E-state index contributed by atoms with van der Waals surface area (Å²) in [7, 11) is 1.65. The minimum absolute atomic E-state index is 0.128.